The summed E-state index contributed by atoms with van der Waals surface area (Å²) in [4.78, 5) is 12.5. The highest BCUT2D eigenvalue weighted by Crippen LogP contribution is 2.35. The van der Waals surface area contributed by atoms with Crippen LogP contribution in [0.2, 0.25) is 5.02 Å². The van der Waals surface area contributed by atoms with Gasteiger partial charge in [-0.1, -0.05) is 11.6 Å². The number of rotatable bonds is 5. The van der Waals surface area contributed by atoms with Crippen molar-refractivity contribution in [1.29, 1.82) is 0 Å². The van der Waals surface area contributed by atoms with Crippen LogP contribution in [0.1, 0.15) is 38.2 Å². The molecule has 1 aliphatic carbocycles. The lowest BCUT2D eigenvalue weighted by atomic mass is 9.91. The Hall–Kier alpha value is -0.930. The molecule has 0 unspecified atom stereocenters. The lowest BCUT2D eigenvalue weighted by Gasteiger charge is -2.27. The Morgan fingerprint density at radius 1 is 1.42 bits per heavy atom. The second-order valence-corrected chi connectivity index (χ2v) is 5.41. The molecule has 19 heavy (non-hydrogen) atoms. The van der Waals surface area contributed by atoms with Crippen molar-refractivity contribution in [3.63, 3.8) is 0 Å². The van der Waals surface area contributed by atoms with Gasteiger partial charge in [-0.25, -0.2) is 4.39 Å². The molecule has 1 aromatic rings. The van der Waals surface area contributed by atoms with Gasteiger partial charge in [0, 0.05) is 18.1 Å². The van der Waals surface area contributed by atoms with Crippen molar-refractivity contribution < 1.29 is 13.9 Å². The highest BCUT2D eigenvalue weighted by molar-refractivity contribution is 6.30. The van der Waals surface area contributed by atoms with Crippen molar-refractivity contribution in [1.82, 2.24) is 0 Å². The van der Waals surface area contributed by atoms with Gasteiger partial charge in [-0.3, -0.25) is 4.79 Å². The fraction of sp³-hybridized carbons (Fsp3) is 0.533. The second kappa shape index (κ2) is 6.02. The number of hydrogen-bond donors (Lipinski definition) is 0. The minimum Gasteiger partial charge on any atom is -0.367 e. The molecule has 0 atom stereocenters. The molecular formula is C15H18ClFO2. The normalized spacial score (nSPS) is 17.6. The first-order valence-corrected chi connectivity index (χ1v) is 7.06. The molecule has 0 bridgehead atoms. The molecular weight excluding hydrogens is 267 g/mol. The number of hydrogen-bond acceptors (Lipinski definition) is 2. The monoisotopic (exact) mass is 284 g/mol. The van der Waals surface area contributed by atoms with E-state index in [1.54, 1.807) is 0 Å². The third-order valence-corrected chi connectivity index (χ3v) is 3.93. The molecule has 0 radical (unpaired) electrons. The van der Waals surface area contributed by atoms with E-state index >= 15 is 0 Å². The molecule has 1 aromatic carbocycles. The summed E-state index contributed by atoms with van der Waals surface area (Å²) < 4.78 is 19.4. The zero-order valence-electron chi connectivity index (χ0n) is 11.0. The van der Waals surface area contributed by atoms with Crippen LogP contribution in [0.3, 0.4) is 0 Å². The fourth-order valence-electron chi connectivity index (χ4n) is 2.74. The van der Waals surface area contributed by atoms with Gasteiger partial charge in [0.05, 0.1) is 0 Å². The number of ketones is 1. The van der Waals surface area contributed by atoms with Gasteiger partial charge in [0.25, 0.3) is 0 Å². The summed E-state index contributed by atoms with van der Waals surface area (Å²) in [7, 11) is 0. The molecule has 2 rings (SSSR count). The Bertz CT molecular complexity index is 467. The Labute approximate surface area is 117 Å². The van der Waals surface area contributed by atoms with E-state index in [2.05, 4.69) is 0 Å². The molecule has 4 heteroatoms. The quantitative estimate of drug-likeness (QED) is 0.819. The topological polar surface area (TPSA) is 26.3 Å². The van der Waals surface area contributed by atoms with E-state index in [4.69, 9.17) is 16.3 Å². The van der Waals surface area contributed by atoms with Crippen LogP contribution < -0.4 is 0 Å². The van der Waals surface area contributed by atoms with E-state index in [1.165, 1.54) is 18.2 Å². The zero-order valence-corrected chi connectivity index (χ0v) is 11.8. The molecule has 104 valence electrons. The van der Waals surface area contributed by atoms with Crippen LogP contribution in [0.15, 0.2) is 18.2 Å². The lowest BCUT2D eigenvalue weighted by Crippen LogP contribution is -2.40. The standard InChI is InChI=1S/C15H18ClFO2/c1-2-19-15(7-3-4-8-15)14(18)10-11-9-12(16)5-6-13(11)17/h5-6,9H,2-4,7-8,10H2,1H3. The molecule has 0 saturated heterocycles. The molecule has 0 amide bonds. The molecule has 1 saturated carbocycles. The van der Waals surface area contributed by atoms with Gasteiger partial charge in [-0.15, -0.1) is 0 Å². The number of carbonyl (C=O) groups excluding carboxylic acids is 1. The number of halogens is 2. The van der Waals surface area contributed by atoms with Crippen molar-refractivity contribution in [2.75, 3.05) is 6.61 Å². The maximum Gasteiger partial charge on any atom is 0.169 e. The number of carbonyl (C=O) groups is 1. The first-order chi connectivity index (χ1) is 9.07. The maximum atomic E-state index is 13.7. The van der Waals surface area contributed by atoms with Gasteiger partial charge in [-0.2, -0.15) is 0 Å². The van der Waals surface area contributed by atoms with E-state index in [0.29, 0.717) is 17.2 Å². The molecule has 0 spiro atoms. The van der Waals surface area contributed by atoms with Gasteiger partial charge in [-0.05, 0) is 56.4 Å². The molecule has 0 heterocycles. The molecule has 0 aliphatic heterocycles. The van der Waals surface area contributed by atoms with Gasteiger partial charge in [0.2, 0.25) is 0 Å². The summed E-state index contributed by atoms with van der Waals surface area (Å²) in [5, 5.41) is 0.445. The van der Waals surface area contributed by atoms with Gasteiger partial charge in [0.1, 0.15) is 11.4 Å². The number of Topliss-reactive ketones (excluding diaryl/α,β-unsaturated/α-hetero) is 1. The molecule has 0 N–H and O–H groups in total. The van der Waals surface area contributed by atoms with Gasteiger partial charge < -0.3 is 4.74 Å². The summed E-state index contributed by atoms with van der Waals surface area (Å²) >= 11 is 5.85. The van der Waals surface area contributed by atoms with Crippen molar-refractivity contribution in [2.24, 2.45) is 0 Å². The van der Waals surface area contributed by atoms with Crippen LogP contribution in [0, 0.1) is 5.82 Å². The van der Waals surface area contributed by atoms with Crippen LogP contribution >= 0.6 is 11.6 Å². The summed E-state index contributed by atoms with van der Waals surface area (Å²) in [6.45, 7) is 2.39. The molecule has 2 nitrogen and oxygen atoms in total. The predicted octanol–water partition coefficient (Wildman–Crippen LogP) is 3.94. The first-order valence-electron chi connectivity index (χ1n) is 6.68. The van der Waals surface area contributed by atoms with Crippen molar-refractivity contribution in [2.45, 2.75) is 44.6 Å². The Morgan fingerprint density at radius 3 is 2.74 bits per heavy atom. The largest absolute Gasteiger partial charge is 0.367 e. The van der Waals surface area contributed by atoms with Gasteiger partial charge >= 0.3 is 0 Å². The Balaban J connectivity index is 2.17. The van der Waals surface area contributed by atoms with Crippen LogP contribution in [-0.2, 0) is 16.0 Å². The second-order valence-electron chi connectivity index (χ2n) is 4.97. The van der Waals surface area contributed by atoms with Crippen LogP contribution in [0.25, 0.3) is 0 Å². The third kappa shape index (κ3) is 3.15. The third-order valence-electron chi connectivity index (χ3n) is 3.70. The Kier molecular flexibility index (Phi) is 4.58. The minimum atomic E-state index is -0.705. The predicted molar refractivity (Wildman–Crippen MR) is 72.9 cm³/mol. The van der Waals surface area contributed by atoms with Crippen molar-refractivity contribution in [3.8, 4) is 0 Å². The average Bonchev–Trinajstić information content (AvgIpc) is 2.84. The zero-order chi connectivity index (χ0) is 13.9. The van der Waals surface area contributed by atoms with Crippen molar-refractivity contribution in [3.05, 3.63) is 34.6 Å². The Morgan fingerprint density at radius 2 is 2.11 bits per heavy atom. The van der Waals surface area contributed by atoms with Crippen LogP contribution in [-0.4, -0.2) is 18.0 Å². The summed E-state index contributed by atoms with van der Waals surface area (Å²) in [5.41, 5.74) is -0.354. The van der Waals surface area contributed by atoms with E-state index in [0.717, 1.165) is 25.7 Å². The summed E-state index contributed by atoms with van der Waals surface area (Å²) in [6, 6.07) is 4.30. The molecule has 1 aliphatic rings. The SMILES string of the molecule is CCOC1(C(=O)Cc2cc(Cl)ccc2F)CCCC1. The first kappa shape index (κ1) is 14.5. The smallest absolute Gasteiger partial charge is 0.169 e. The lowest BCUT2D eigenvalue weighted by molar-refractivity contribution is -0.142. The number of benzene rings is 1. The van der Waals surface area contributed by atoms with Crippen molar-refractivity contribution >= 4 is 17.4 Å². The minimum absolute atomic E-state index is 0.0342. The van der Waals surface area contributed by atoms with Gasteiger partial charge in [0.15, 0.2) is 5.78 Å². The fourth-order valence-corrected chi connectivity index (χ4v) is 2.93. The maximum absolute atomic E-state index is 13.7. The van der Waals surface area contributed by atoms with E-state index < -0.39 is 5.60 Å². The van der Waals surface area contributed by atoms with E-state index in [9.17, 15) is 9.18 Å². The summed E-state index contributed by atoms with van der Waals surface area (Å²) in [6.07, 6.45) is 3.50. The van der Waals surface area contributed by atoms with E-state index in [1.807, 2.05) is 6.92 Å². The van der Waals surface area contributed by atoms with E-state index in [-0.39, 0.29) is 18.0 Å². The highest BCUT2D eigenvalue weighted by Gasteiger charge is 2.41. The number of ether oxygens (including phenoxy) is 1. The molecule has 0 aromatic heterocycles. The summed E-state index contributed by atoms with van der Waals surface area (Å²) in [5.74, 6) is -0.421. The average molecular weight is 285 g/mol. The molecule has 1 fully saturated rings. The van der Waals surface area contributed by atoms with Crippen LogP contribution in [0.4, 0.5) is 4.39 Å². The van der Waals surface area contributed by atoms with Crippen LogP contribution in [0.5, 0.6) is 0 Å². The highest BCUT2D eigenvalue weighted by atomic mass is 35.5.